The Bertz CT molecular complexity index is 1040. The Kier molecular flexibility index (Phi) is 5.50. The predicted molar refractivity (Wildman–Crippen MR) is 111 cm³/mol. The van der Waals surface area contributed by atoms with E-state index in [9.17, 15) is 9.59 Å². The number of anilines is 2. The fourth-order valence-electron chi connectivity index (χ4n) is 2.62. The third-order valence-corrected chi connectivity index (χ3v) is 4.17. The molecule has 0 fully saturated rings. The van der Waals surface area contributed by atoms with Gasteiger partial charge in [0.05, 0.1) is 11.4 Å². The first kappa shape index (κ1) is 18.8. The molecule has 2 amide bonds. The van der Waals surface area contributed by atoms with Crippen molar-refractivity contribution in [2.75, 3.05) is 10.6 Å². The molecule has 0 radical (unpaired) electrons. The fourth-order valence-corrected chi connectivity index (χ4v) is 2.62. The molecule has 28 heavy (non-hydrogen) atoms. The van der Waals surface area contributed by atoms with Crippen LogP contribution in [0.1, 0.15) is 31.8 Å². The normalized spacial score (nSPS) is 10.2. The van der Waals surface area contributed by atoms with Crippen molar-refractivity contribution >= 4 is 29.0 Å². The highest BCUT2D eigenvalue weighted by molar-refractivity contribution is 6.10. The fraction of sp³-hybridized carbons (Fsp3) is 0.0455. The number of hydrogen-bond acceptors (Lipinski definition) is 3. The van der Waals surface area contributed by atoms with Crippen LogP contribution in [0.3, 0.4) is 0 Å². The summed E-state index contributed by atoms with van der Waals surface area (Å²) in [6, 6.07) is 20.7. The molecule has 0 spiro atoms. The SMILES string of the molecule is Cc1ccc(C(=O)Nc2ccccc2NC(=O)c2cccc(C(=N)N)c2)cc1. The average molecular weight is 372 g/mol. The van der Waals surface area contributed by atoms with Crippen molar-refractivity contribution in [2.45, 2.75) is 6.92 Å². The monoisotopic (exact) mass is 372 g/mol. The number of rotatable bonds is 5. The molecule has 0 atom stereocenters. The molecule has 3 aromatic carbocycles. The first-order valence-electron chi connectivity index (χ1n) is 8.67. The number of hydrogen-bond donors (Lipinski definition) is 4. The van der Waals surface area contributed by atoms with Crippen LogP contribution in [0.15, 0.2) is 72.8 Å². The number of aryl methyl sites for hydroxylation is 1. The predicted octanol–water partition coefficient (Wildman–Crippen LogP) is 3.78. The summed E-state index contributed by atoms with van der Waals surface area (Å²) in [4.78, 5) is 25.1. The van der Waals surface area contributed by atoms with Crippen LogP contribution in [0.5, 0.6) is 0 Å². The van der Waals surface area contributed by atoms with E-state index in [-0.39, 0.29) is 17.6 Å². The van der Waals surface area contributed by atoms with Crippen molar-refractivity contribution < 1.29 is 9.59 Å². The summed E-state index contributed by atoms with van der Waals surface area (Å²) < 4.78 is 0. The summed E-state index contributed by atoms with van der Waals surface area (Å²) in [6.07, 6.45) is 0. The molecule has 3 aromatic rings. The summed E-state index contributed by atoms with van der Waals surface area (Å²) in [5.74, 6) is -0.735. The zero-order valence-corrected chi connectivity index (χ0v) is 15.3. The first-order chi connectivity index (χ1) is 13.4. The van der Waals surface area contributed by atoms with Gasteiger partial charge in [0.15, 0.2) is 0 Å². The van der Waals surface area contributed by atoms with E-state index in [2.05, 4.69) is 10.6 Å². The topological polar surface area (TPSA) is 108 Å². The van der Waals surface area contributed by atoms with Gasteiger partial charge in [0, 0.05) is 16.7 Å². The second-order valence-corrected chi connectivity index (χ2v) is 6.31. The number of nitrogen functional groups attached to an aromatic ring is 1. The van der Waals surface area contributed by atoms with Gasteiger partial charge in [-0.25, -0.2) is 0 Å². The molecule has 0 bridgehead atoms. The van der Waals surface area contributed by atoms with Gasteiger partial charge in [-0.2, -0.15) is 0 Å². The van der Waals surface area contributed by atoms with Crippen LogP contribution in [-0.2, 0) is 0 Å². The lowest BCUT2D eigenvalue weighted by Gasteiger charge is -2.13. The Balaban J connectivity index is 1.79. The van der Waals surface area contributed by atoms with E-state index in [1.54, 1.807) is 60.7 Å². The van der Waals surface area contributed by atoms with E-state index in [1.807, 2.05) is 19.1 Å². The number of carbonyl (C=O) groups is 2. The van der Waals surface area contributed by atoms with Gasteiger partial charge in [0.25, 0.3) is 11.8 Å². The minimum absolute atomic E-state index is 0.111. The molecule has 5 N–H and O–H groups in total. The molecule has 0 unspecified atom stereocenters. The quantitative estimate of drug-likeness (QED) is 0.404. The summed E-state index contributed by atoms with van der Waals surface area (Å²) in [5.41, 5.74) is 8.88. The number of nitrogens with one attached hydrogen (secondary N) is 3. The van der Waals surface area contributed by atoms with Gasteiger partial charge in [-0.1, -0.05) is 42.0 Å². The lowest BCUT2D eigenvalue weighted by atomic mass is 10.1. The summed E-state index contributed by atoms with van der Waals surface area (Å²) in [7, 11) is 0. The highest BCUT2D eigenvalue weighted by atomic mass is 16.2. The van der Waals surface area contributed by atoms with Crippen LogP contribution in [0, 0.1) is 12.3 Å². The van der Waals surface area contributed by atoms with Crippen LogP contribution in [0.2, 0.25) is 0 Å². The maximum absolute atomic E-state index is 12.6. The molecule has 0 saturated heterocycles. The van der Waals surface area contributed by atoms with Crippen molar-refractivity contribution in [1.82, 2.24) is 0 Å². The smallest absolute Gasteiger partial charge is 0.255 e. The van der Waals surface area contributed by atoms with Gasteiger partial charge < -0.3 is 16.4 Å². The van der Waals surface area contributed by atoms with Crippen molar-refractivity contribution in [3.05, 3.63) is 95.1 Å². The zero-order valence-electron chi connectivity index (χ0n) is 15.3. The van der Waals surface area contributed by atoms with E-state index in [1.165, 1.54) is 0 Å². The number of amides is 2. The van der Waals surface area contributed by atoms with Crippen LogP contribution in [-0.4, -0.2) is 17.6 Å². The number of amidine groups is 1. The molecule has 0 aliphatic heterocycles. The number of benzene rings is 3. The molecule has 0 saturated carbocycles. The third-order valence-electron chi connectivity index (χ3n) is 4.17. The van der Waals surface area contributed by atoms with Gasteiger partial charge in [-0.05, 0) is 43.3 Å². The van der Waals surface area contributed by atoms with E-state index in [0.717, 1.165) is 5.56 Å². The molecule has 0 aliphatic rings. The van der Waals surface area contributed by atoms with Gasteiger partial charge in [-0.15, -0.1) is 0 Å². The average Bonchev–Trinajstić information content (AvgIpc) is 2.70. The van der Waals surface area contributed by atoms with Gasteiger partial charge >= 0.3 is 0 Å². The van der Waals surface area contributed by atoms with Crippen molar-refractivity contribution in [3.63, 3.8) is 0 Å². The van der Waals surface area contributed by atoms with Crippen molar-refractivity contribution in [1.29, 1.82) is 5.41 Å². The molecule has 140 valence electrons. The largest absolute Gasteiger partial charge is 0.384 e. The highest BCUT2D eigenvalue weighted by Crippen LogP contribution is 2.23. The van der Waals surface area contributed by atoms with Gasteiger partial charge in [0.2, 0.25) is 0 Å². The second-order valence-electron chi connectivity index (χ2n) is 6.31. The lowest BCUT2D eigenvalue weighted by molar-refractivity contribution is 0.101. The molecule has 0 heterocycles. The zero-order chi connectivity index (χ0) is 20.1. The minimum Gasteiger partial charge on any atom is -0.384 e. The van der Waals surface area contributed by atoms with Crippen molar-refractivity contribution in [3.8, 4) is 0 Å². The van der Waals surface area contributed by atoms with E-state index >= 15 is 0 Å². The summed E-state index contributed by atoms with van der Waals surface area (Å²) in [5, 5.41) is 13.1. The van der Waals surface area contributed by atoms with Crippen LogP contribution < -0.4 is 16.4 Å². The van der Waals surface area contributed by atoms with Crippen molar-refractivity contribution in [2.24, 2.45) is 5.73 Å². The number of nitrogens with two attached hydrogens (primary N) is 1. The maximum atomic E-state index is 12.6. The summed E-state index contributed by atoms with van der Waals surface area (Å²) >= 11 is 0. The second kappa shape index (κ2) is 8.18. The Morgan fingerprint density at radius 2 is 1.29 bits per heavy atom. The third kappa shape index (κ3) is 4.42. The molecule has 0 aliphatic carbocycles. The Morgan fingerprint density at radius 1 is 0.750 bits per heavy atom. The number of para-hydroxylation sites is 2. The maximum Gasteiger partial charge on any atom is 0.255 e. The van der Waals surface area contributed by atoms with Crippen LogP contribution >= 0.6 is 0 Å². The molecule has 0 aromatic heterocycles. The lowest BCUT2D eigenvalue weighted by Crippen LogP contribution is -2.18. The Hall–Kier alpha value is -3.93. The molecule has 6 nitrogen and oxygen atoms in total. The van der Waals surface area contributed by atoms with Gasteiger partial charge in [-0.3, -0.25) is 15.0 Å². The first-order valence-corrected chi connectivity index (χ1v) is 8.67. The standard InChI is InChI=1S/C22H20N4O2/c1-14-9-11-15(12-10-14)21(27)25-18-7-2-3-8-19(18)26-22(28)17-6-4-5-16(13-17)20(23)24/h2-13H,1H3,(H3,23,24)(H,25,27)(H,26,28). The molecule has 6 heteroatoms. The summed E-state index contributed by atoms with van der Waals surface area (Å²) in [6.45, 7) is 1.95. The van der Waals surface area contributed by atoms with Crippen LogP contribution in [0.25, 0.3) is 0 Å². The Labute approximate surface area is 162 Å². The van der Waals surface area contributed by atoms with E-state index in [4.69, 9.17) is 11.1 Å². The Morgan fingerprint density at radius 3 is 1.86 bits per heavy atom. The highest BCUT2D eigenvalue weighted by Gasteiger charge is 2.13. The van der Waals surface area contributed by atoms with Gasteiger partial charge in [0.1, 0.15) is 5.84 Å². The number of carbonyl (C=O) groups excluding carboxylic acids is 2. The van der Waals surface area contributed by atoms with Crippen LogP contribution in [0.4, 0.5) is 11.4 Å². The van der Waals surface area contributed by atoms with E-state index in [0.29, 0.717) is 28.1 Å². The van der Waals surface area contributed by atoms with E-state index < -0.39 is 0 Å². The molecule has 3 rings (SSSR count). The molecular formula is C22H20N4O2. The molecular weight excluding hydrogens is 352 g/mol. The minimum atomic E-state index is -0.361.